The largest absolute Gasteiger partial charge is 0.497 e. The first-order valence-corrected chi connectivity index (χ1v) is 11.3. The molecule has 2 heterocycles. The average Bonchev–Trinajstić information content (AvgIpc) is 3.32. The lowest BCUT2D eigenvalue weighted by Gasteiger charge is -2.18. The van der Waals surface area contributed by atoms with Crippen molar-refractivity contribution in [3.63, 3.8) is 0 Å². The zero-order chi connectivity index (χ0) is 22.2. The summed E-state index contributed by atoms with van der Waals surface area (Å²) in [5, 5.41) is 1.56. The van der Waals surface area contributed by atoms with Crippen LogP contribution in [0.4, 0.5) is 5.69 Å². The normalized spacial score (nSPS) is 15.0. The lowest BCUT2D eigenvalue weighted by Crippen LogP contribution is -2.32. The maximum atomic E-state index is 13.5. The lowest BCUT2D eigenvalue weighted by atomic mass is 10.1. The second-order valence-electron chi connectivity index (χ2n) is 7.46. The van der Waals surface area contributed by atoms with E-state index in [1.807, 2.05) is 85.8 Å². The van der Waals surface area contributed by atoms with Gasteiger partial charge in [-0.2, -0.15) is 0 Å². The Morgan fingerprint density at radius 3 is 2.41 bits per heavy atom. The molecule has 0 bridgehead atoms. The Morgan fingerprint density at radius 2 is 1.72 bits per heavy atom. The summed E-state index contributed by atoms with van der Waals surface area (Å²) in [5.41, 5.74) is 3.15. The molecule has 4 nitrogen and oxygen atoms in total. The molecular formula is C26H19ClN2O2S. The van der Waals surface area contributed by atoms with E-state index in [0.717, 1.165) is 26.1 Å². The van der Waals surface area contributed by atoms with Crippen LogP contribution in [0.25, 0.3) is 16.2 Å². The number of halogens is 1. The molecule has 32 heavy (non-hydrogen) atoms. The van der Waals surface area contributed by atoms with Crippen LogP contribution in [0.1, 0.15) is 16.0 Å². The molecule has 0 saturated carbocycles. The molecular weight excluding hydrogens is 440 g/mol. The summed E-state index contributed by atoms with van der Waals surface area (Å²) in [4.78, 5) is 20.7. The van der Waals surface area contributed by atoms with E-state index in [9.17, 15) is 4.79 Å². The fraction of sp³-hybridized carbons (Fsp3) is 0.0769. The SMILES string of the molecule is COc1ccc(N2C(=O)/C(=C\c3ccc(C)cc3)N=C2c2sc3ccccc3c2Cl)cc1. The standard InChI is InChI=1S/C26H19ClN2O2S/c1-16-7-9-17(10-8-16)15-21-26(30)29(18-11-13-19(31-2)14-12-18)25(28-21)24-23(27)20-5-3-4-6-22(20)32-24/h3-15H,1-2H3/b21-15+. The number of thiophene rings is 1. The first-order chi connectivity index (χ1) is 15.5. The number of carbonyl (C=O) groups excluding carboxylic acids is 1. The monoisotopic (exact) mass is 458 g/mol. The minimum absolute atomic E-state index is 0.195. The molecule has 1 aliphatic heterocycles. The van der Waals surface area contributed by atoms with Crippen molar-refractivity contribution in [3.8, 4) is 5.75 Å². The summed E-state index contributed by atoms with van der Waals surface area (Å²) in [6.07, 6.45) is 1.81. The van der Waals surface area contributed by atoms with Crippen molar-refractivity contribution in [2.24, 2.45) is 4.99 Å². The Kier molecular flexibility index (Phi) is 5.29. The first-order valence-electron chi connectivity index (χ1n) is 10.1. The number of rotatable bonds is 4. The van der Waals surface area contributed by atoms with Crippen LogP contribution in [0.15, 0.2) is 83.5 Å². The number of amides is 1. The minimum atomic E-state index is -0.195. The third-order valence-electron chi connectivity index (χ3n) is 5.31. The molecule has 6 heteroatoms. The molecule has 1 amide bonds. The minimum Gasteiger partial charge on any atom is -0.497 e. The molecule has 0 radical (unpaired) electrons. The van der Waals surface area contributed by atoms with Crippen LogP contribution in [0.5, 0.6) is 5.75 Å². The number of hydrogen-bond acceptors (Lipinski definition) is 4. The van der Waals surface area contributed by atoms with Crippen molar-refractivity contribution in [2.75, 3.05) is 12.0 Å². The summed E-state index contributed by atoms with van der Waals surface area (Å²) < 4.78 is 6.32. The van der Waals surface area contributed by atoms with E-state index in [2.05, 4.69) is 0 Å². The van der Waals surface area contributed by atoms with Crippen molar-refractivity contribution in [2.45, 2.75) is 6.92 Å². The van der Waals surface area contributed by atoms with Crippen LogP contribution in [0, 0.1) is 6.92 Å². The molecule has 1 aromatic heterocycles. The Balaban J connectivity index is 1.66. The van der Waals surface area contributed by atoms with Gasteiger partial charge in [0.15, 0.2) is 5.84 Å². The third-order valence-corrected chi connectivity index (χ3v) is 6.98. The second kappa shape index (κ2) is 8.26. The quantitative estimate of drug-likeness (QED) is 0.319. The zero-order valence-corrected chi connectivity index (χ0v) is 19.1. The number of nitrogens with zero attached hydrogens (tertiary/aromatic N) is 2. The second-order valence-corrected chi connectivity index (χ2v) is 8.89. The molecule has 0 N–H and O–H groups in total. The van der Waals surface area contributed by atoms with Crippen LogP contribution in [0.3, 0.4) is 0 Å². The molecule has 3 aromatic carbocycles. The number of aliphatic imine (C=N–C) groups is 1. The zero-order valence-electron chi connectivity index (χ0n) is 17.5. The van der Waals surface area contributed by atoms with Gasteiger partial charge in [-0.1, -0.05) is 59.6 Å². The van der Waals surface area contributed by atoms with Crippen LogP contribution in [-0.4, -0.2) is 18.9 Å². The van der Waals surface area contributed by atoms with Gasteiger partial charge in [0, 0.05) is 10.1 Å². The molecule has 1 aliphatic rings. The molecule has 4 aromatic rings. The lowest BCUT2D eigenvalue weighted by molar-refractivity contribution is -0.113. The highest BCUT2D eigenvalue weighted by Gasteiger charge is 2.35. The number of anilines is 1. The molecule has 0 aliphatic carbocycles. The van der Waals surface area contributed by atoms with Gasteiger partial charge in [-0.15, -0.1) is 11.3 Å². The van der Waals surface area contributed by atoms with Gasteiger partial charge in [-0.25, -0.2) is 4.99 Å². The number of ether oxygens (including phenoxy) is 1. The van der Waals surface area contributed by atoms with Crippen LogP contribution in [-0.2, 0) is 4.79 Å². The molecule has 158 valence electrons. The number of fused-ring (bicyclic) bond motifs is 1. The maximum Gasteiger partial charge on any atom is 0.282 e. The Labute approximate surface area is 195 Å². The van der Waals surface area contributed by atoms with Crippen molar-refractivity contribution in [3.05, 3.63) is 99.5 Å². The summed E-state index contributed by atoms with van der Waals surface area (Å²) in [6, 6.07) is 23.3. The number of amidine groups is 1. The Bertz CT molecular complexity index is 1390. The smallest absolute Gasteiger partial charge is 0.282 e. The van der Waals surface area contributed by atoms with E-state index in [4.69, 9.17) is 21.3 Å². The van der Waals surface area contributed by atoms with Crippen LogP contribution >= 0.6 is 22.9 Å². The first kappa shape index (κ1) is 20.5. The maximum absolute atomic E-state index is 13.5. The van der Waals surface area contributed by atoms with Gasteiger partial charge in [0.25, 0.3) is 5.91 Å². The van der Waals surface area contributed by atoms with Gasteiger partial charge in [0.2, 0.25) is 0 Å². The van der Waals surface area contributed by atoms with Gasteiger partial charge in [-0.3, -0.25) is 9.69 Å². The topological polar surface area (TPSA) is 41.9 Å². The van der Waals surface area contributed by atoms with Crippen molar-refractivity contribution >= 4 is 56.5 Å². The fourth-order valence-corrected chi connectivity index (χ4v) is 5.11. The number of hydrogen-bond donors (Lipinski definition) is 0. The fourth-order valence-electron chi connectivity index (χ4n) is 3.62. The molecule has 0 atom stereocenters. The number of aryl methyl sites for hydroxylation is 1. The number of benzene rings is 3. The predicted octanol–water partition coefficient (Wildman–Crippen LogP) is 6.71. The van der Waals surface area contributed by atoms with E-state index in [-0.39, 0.29) is 5.91 Å². The Morgan fingerprint density at radius 1 is 1.00 bits per heavy atom. The van der Waals surface area contributed by atoms with Crippen molar-refractivity contribution in [1.82, 2.24) is 0 Å². The highest BCUT2D eigenvalue weighted by atomic mass is 35.5. The molecule has 0 saturated heterocycles. The van der Waals surface area contributed by atoms with Crippen LogP contribution < -0.4 is 9.64 Å². The van der Waals surface area contributed by atoms with Crippen molar-refractivity contribution in [1.29, 1.82) is 0 Å². The number of carbonyl (C=O) groups is 1. The highest BCUT2D eigenvalue weighted by Crippen LogP contribution is 2.39. The van der Waals surface area contributed by atoms with Gasteiger partial charge in [0.1, 0.15) is 11.4 Å². The molecule has 0 spiro atoms. The van der Waals surface area contributed by atoms with Crippen molar-refractivity contribution < 1.29 is 9.53 Å². The average molecular weight is 459 g/mol. The van der Waals surface area contributed by atoms with Crippen LogP contribution in [0.2, 0.25) is 5.02 Å². The summed E-state index contributed by atoms with van der Waals surface area (Å²) in [5.74, 6) is 1.05. The summed E-state index contributed by atoms with van der Waals surface area (Å²) in [7, 11) is 1.61. The molecule has 0 unspecified atom stereocenters. The van der Waals surface area contributed by atoms with E-state index in [0.29, 0.717) is 28.0 Å². The third kappa shape index (κ3) is 3.60. The van der Waals surface area contributed by atoms with E-state index < -0.39 is 0 Å². The van der Waals surface area contributed by atoms with Gasteiger partial charge < -0.3 is 4.74 Å². The highest BCUT2D eigenvalue weighted by molar-refractivity contribution is 7.21. The summed E-state index contributed by atoms with van der Waals surface area (Å²) >= 11 is 8.29. The van der Waals surface area contributed by atoms with E-state index >= 15 is 0 Å². The Hall–Kier alpha value is -3.41. The van der Waals surface area contributed by atoms with Gasteiger partial charge >= 0.3 is 0 Å². The van der Waals surface area contributed by atoms with E-state index in [1.165, 1.54) is 11.3 Å². The molecule has 5 rings (SSSR count). The van der Waals surface area contributed by atoms with Gasteiger partial charge in [-0.05, 0) is 48.9 Å². The molecule has 0 fully saturated rings. The van der Waals surface area contributed by atoms with Gasteiger partial charge in [0.05, 0.1) is 22.7 Å². The van der Waals surface area contributed by atoms with E-state index in [1.54, 1.807) is 12.0 Å². The number of methoxy groups -OCH3 is 1. The summed E-state index contributed by atoms with van der Waals surface area (Å²) in [6.45, 7) is 2.03. The predicted molar refractivity (Wildman–Crippen MR) is 133 cm³/mol.